The molecule has 0 radical (unpaired) electrons. The van der Waals surface area contributed by atoms with E-state index in [9.17, 15) is 18.0 Å². The molecule has 0 heterocycles. The van der Waals surface area contributed by atoms with E-state index in [4.69, 9.17) is 9.84 Å². The maximum atomic E-state index is 12.5. The summed E-state index contributed by atoms with van der Waals surface area (Å²) in [6.07, 6.45) is -4.68. The number of alkyl halides is 3. The first-order chi connectivity index (χ1) is 9.29. The van der Waals surface area contributed by atoms with Crippen molar-refractivity contribution in [2.24, 2.45) is 0 Å². The fourth-order valence-corrected chi connectivity index (χ4v) is 1.59. The number of ether oxygens (including phenoxy) is 1. The van der Waals surface area contributed by atoms with Crippen LogP contribution in [0.3, 0.4) is 0 Å². The molecular weight excluding hydrogens is 275 g/mol. The van der Waals surface area contributed by atoms with Crippen molar-refractivity contribution in [2.45, 2.75) is 25.1 Å². The molecule has 20 heavy (non-hydrogen) atoms. The van der Waals surface area contributed by atoms with Crippen LogP contribution in [0.15, 0.2) is 24.3 Å². The minimum absolute atomic E-state index is 0.511. The average Bonchev–Trinajstić information content (AvgIpc) is 2.42. The van der Waals surface area contributed by atoms with Crippen molar-refractivity contribution >= 4 is 5.91 Å². The molecule has 0 saturated carbocycles. The molecule has 0 saturated heterocycles. The number of methoxy groups -OCH3 is 1. The number of carbonyl (C=O) groups excluding carboxylic acids is 1. The zero-order valence-corrected chi connectivity index (χ0v) is 11.1. The van der Waals surface area contributed by atoms with E-state index in [1.807, 2.05) is 0 Å². The predicted octanol–water partition coefficient (Wildman–Crippen LogP) is 1.84. The number of rotatable bonds is 5. The van der Waals surface area contributed by atoms with E-state index in [0.717, 1.165) is 0 Å². The molecular formula is C13H16F3NO3. The van der Waals surface area contributed by atoms with Crippen LogP contribution in [0, 0.1) is 0 Å². The summed E-state index contributed by atoms with van der Waals surface area (Å²) < 4.78 is 42.4. The summed E-state index contributed by atoms with van der Waals surface area (Å²) in [6.45, 7) is 0.287. The number of nitrogens with one attached hydrogen (secondary N) is 1. The van der Waals surface area contributed by atoms with E-state index in [-0.39, 0.29) is 0 Å². The maximum absolute atomic E-state index is 12.5. The zero-order chi connectivity index (χ0) is 15.3. The Kier molecular flexibility index (Phi) is 5.38. The highest BCUT2D eigenvalue weighted by Crippen LogP contribution is 2.23. The highest BCUT2D eigenvalue weighted by molar-refractivity contribution is 5.83. The van der Waals surface area contributed by atoms with Gasteiger partial charge in [0.05, 0.1) is 19.6 Å². The van der Waals surface area contributed by atoms with Gasteiger partial charge in [0.25, 0.3) is 0 Å². The molecule has 0 aliphatic rings. The minimum Gasteiger partial charge on any atom is -0.497 e. The van der Waals surface area contributed by atoms with Gasteiger partial charge in [-0.3, -0.25) is 4.79 Å². The second kappa shape index (κ2) is 6.60. The topological polar surface area (TPSA) is 58.6 Å². The molecule has 0 fully saturated rings. The Balaban J connectivity index is 2.80. The van der Waals surface area contributed by atoms with Gasteiger partial charge in [0.15, 0.2) is 0 Å². The number of hydrogen-bond donors (Lipinski definition) is 2. The number of aliphatic hydroxyl groups excluding tert-OH is 1. The Morgan fingerprint density at radius 1 is 1.45 bits per heavy atom. The van der Waals surface area contributed by atoms with Gasteiger partial charge in [-0.25, -0.2) is 0 Å². The van der Waals surface area contributed by atoms with Gasteiger partial charge in [-0.05, 0) is 24.6 Å². The Labute approximate surface area is 114 Å². The van der Waals surface area contributed by atoms with Crippen molar-refractivity contribution in [3.05, 3.63) is 29.8 Å². The van der Waals surface area contributed by atoms with E-state index < -0.39 is 30.7 Å². The largest absolute Gasteiger partial charge is 0.497 e. The van der Waals surface area contributed by atoms with Crippen molar-refractivity contribution in [1.29, 1.82) is 0 Å². The molecule has 1 amide bonds. The maximum Gasteiger partial charge on any atom is 0.410 e. The van der Waals surface area contributed by atoms with E-state index in [1.165, 1.54) is 14.0 Å². The summed E-state index contributed by atoms with van der Waals surface area (Å²) in [7, 11) is 1.45. The number of benzene rings is 1. The summed E-state index contributed by atoms with van der Waals surface area (Å²) in [5.74, 6) is -1.09. The van der Waals surface area contributed by atoms with E-state index >= 15 is 0 Å². The smallest absolute Gasteiger partial charge is 0.410 e. The normalized spacial score (nSPS) is 14.5. The SMILES string of the molecule is COc1cccc(C(C)C(=O)N[C@@H](CO)C(F)(F)F)c1. The molecule has 0 bridgehead atoms. The van der Waals surface area contributed by atoms with Gasteiger partial charge in [-0.2, -0.15) is 13.2 Å². The first-order valence-corrected chi connectivity index (χ1v) is 5.91. The molecule has 1 aromatic carbocycles. The second-order valence-corrected chi connectivity index (χ2v) is 4.28. The monoisotopic (exact) mass is 291 g/mol. The number of amides is 1. The lowest BCUT2D eigenvalue weighted by molar-refractivity contribution is -0.168. The van der Waals surface area contributed by atoms with Crippen molar-refractivity contribution in [1.82, 2.24) is 5.32 Å². The number of hydrogen-bond acceptors (Lipinski definition) is 3. The van der Waals surface area contributed by atoms with Crippen LogP contribution in [0.5, 0.6) is 5.75 Å². The summed E-state index contributed by atoms with van der Waals surface area (Å²) in [5, 5.41) is 10.5. The van der Waals surface area contributed by atoms with Gasteiger partial charge in [0.2, 0.25) is 5.91 Å². The van der Waals surface area contributed by atoms with Gasteiger partial charge in [0, 0.05) is 0 Å². The Hall–Kier alpha value is -1.76. The molecule has 0 spiro atoms. The minimum atomic E-state index is -4.68. The van der Waals surface area contributed by atoms with E-state index in [1.54, 1.807) is 29.6 Å². The van der Waals surface area contributed by atoms with Crippen LogP contribution >= 0.6 is 0 Å². The van der Waals surface area contributed by atoms with Crippen molar-refractivity contribution in [2.75, 3.05) is 13.7 Å². The molecule has 2 atom stereocenters. The van der Waals surface area contributed by atoms with Crippen LogP contribution in [0.2, 0.25) is 0 Å². The zero-order valence-electron chi connectivity index (χ0n) is 11.1. The molecule has 2 N–H and O–H groups in total. The molecule has 112 valence electrons. The molecule has 1 unspecified atom stereocenters. The number of carbonyl (C=O) groups is 1. The second-order valence-electron chi connectivity index (χ2n) is 4.28. The van der Waals surface area contributed by atoms with Crippen LogP contribution in [-0.2, 0) is 4.79 Å². The van der Waals surface area contributed by atoms with Crippen LogP contribution < -0.4 is 10.1 Å². The summed E-state index contributed by atoms with van der Waals surface area (Å²) in [4.78, 5) is 11.8. The third kappa shape index (κ3) is 4.12. The van der Waals surface area contributed by atoms with Crippen LogP contribution in [0.1, 0.15) is 18.4 Å². The van der Waals surface area contributed by atoms with Gasteiger partial charge in [-0.15, -0.1) is 0 Å². The highest BCUT2D eigenvalue weighted by Gasteiger charge is 2.40. The highest BCUT2D eigenvalue weighted by atomic mass is 19.4. The third-order valence-electron chi connectivity index (χ3n) is 2.88. The standard InChI is InChI=1S/C13H16F3NO3/c1-8(9-4-3-5-10(6-9)20-2)12(19)17-11(7-18)13(14,15)16/h3-6,8,11,18H,7H2,1-2H3,(H,17,19)/t8?,11-/m0/s1. The lowest BCUT2D eigenvalue weighted by atomic mass is 9.99. The number of halogens is 3. The lowest BCUT2D eigenvalue weighted by Crippen LogP contribution is -2.49. The number of aliphatic hydroxyl groups is 1. The van der Waals surface area contributed by atoms with Crippen molar-refractivity contribution < 1.29 is 27.8 Å². The first kappa shape index (κ1) is 16.3. The lowest BCUT2D eigenvalue weighted by Gasteiger charge is -2.21. The fraction of sp³-hybridized carbons (Fsp3) is 0.462. The fourth-order valence-electron chi connectivity index (χ4n) is 1.59. The average molecular weight is 291 g/mol. The van der Waals surface area contributed by atoms with Gasteiger partial charge < -0.3 is 15.2 Å². The predicted molar refractivity (Wildman–Crippen MR) is 66.5 cm³/mol. The molecule has 1 rings (SSSR count). The van der Waals surface area contributed by atoms with Crippen LogP contribution in [0.25, 0.3) is 0 Å². The molecule has 7 heteroatoms. The third-order valence-corrected chi connectivity index (χ3v) is 2.88. The molecule has 4 nitrogen and oxygen atoms in total. The molecule has 0 aliphatic carbocycles. The van der Waals surface area contributed by atoms with Crippen molar-refractivity contribution in [3.63, 3.8) is 0 Å². The Morgan fingerprint density at radius 2 is 2.10 bits per heavy atom. The summed E-state index contributed by atoms with van der Waals surface area (Å²) in [6, 6.07) is 4.24. The quantitative estimate of drug-likeness (QED) is 0.870. The summed E-state index contributed by atoms with van der Waals surface area (Å²) in [5.41, 5.74) is 0.528. The Bertz CT molecular complexity index is 462. The van der Waals surface area contributed by atoms with Gasteiger partial charge >= 0.3 is 6.18 Å². The van der Waals surface area contributed by atoms with E-state index in [2.05, 4.69) is 0 Å². The van der Waals surface area contributed by atoms with Crippen LogP contribution in [0.4, 0.5) is 13.2 Å². The molecule has 0 aromatic heterocycles. The summed E-state index contributed by atoms with van der Waals surface area (Å²) >= 11 is 0. The Morgan fingerprint density at radius 3 is 2.60 bits per heavy atom. The van der Waals surface area contributed by atoms with E-state index in [0.29, 0.717) is 11.3 Å². The van der Waals surface area contributed by atoms with Gasteiger partial charge in [0.1, 0.15) is 11.8 Å². The first-order valence-electron chi connectivity index (χ1n) is 5.91. The van der Waals surface area contributed by atoms with Crippen LogP contribution in [-0.4, -0.2) is 36.9 Å². The molecule has 0 aliphatic heterocycles. The van der Waals surface area contributed by atoms with Gasteiger partial charge in [-0.1, -0.05) is 12.1 Å². The van der Waals surface area contributed by atoms with Crippen molar-refractivity contribution in [3.8, 4) is 5.75 Å². The molecule has 1 aromatic rings.